The van der Waals surface area contributed by atoms with Crippen LogP contribution in [0.15, 0.2) is 36.5 Å². The summed E-state index contributed by atoms with van der Waals surface area (Å²) >= 11 is 0. The van der Waals surface area contributed by atoms with Gasteiger partial charge in [-0.15, -0.1) is 0 Å². The molecule has 1 aromatic carbocycles. The van der Waals surface area contributed by atoms with Gasteiger partial charge in [0.25, 0.3) is 0 Å². The third-order valence-corrected chi connectivity index (χ3v) is 3.22. The number of ether oxygens (including phenoxy) is 1. The first kappa shape index (κ1) is 15.4. The highest BCUT2D eigenvalue weighted by Gasteiger charge is 2.08. The molecule has 1 unspecified atom stereocenters. The lowest BCUT2D eigenvalue weighted by molar-refractivity contribution is 0.439. The van der Waals surface area contributed by atoms with E-state index in [2.05, 4.69) is 24.1 Å². The van der Waals surface area contributed by atoms with Crippen molar-refractivity contribution in [3.8, 4) is 11.5 Å². The van der Waals surface area contributed by atoms with Crippen LogP contribution in [0.2, 0.25) is 0 Å². The zero-order valence-electron chi connectivity index (χ0n) is 12.7. The van der Waals surface area contributed by atoms with Gasteiger partial charge in [-0.1, -0.05) is 13.0 Å². The second kappa shape index (κ2) is 7.18. The van der Waals surface area contributed by atoms with Crippen molar-refractivity contribution in [1.82, 2.24) is 10.3 Å². The number of benzene rings is 1. The summed E-state index contributed by atoms with van der Waals surface area (Å²) in [5, 5.41) is 3.37. The Balaban J connectivity index is 2.07. The molecule has 0 aliphatic rings. The minimum Gasteiger partial charge on any atom is -0.453 e. The largest absolute Gasteiger partial charge is 0.453 e. The standard InChI is InChI=1S/C17H21FN2O/c1-4-9-19-13(3)16-8-6-14(11-20-16)21-17-10-12(2)5-7-15(17)18/h5-8,10-11,13,19H,4,9H2,1-3H3. The monoisotopic (exact) mass is 288 g/mol. The molecule has 0 spiro atoms. The highest BCUT2D eigenvalue weighted by Crippen LogP contribution is 2.25. The van der Waals surface area contributed by atoms with Crippen LogP contribution in [0.3, 0.4) is 0 Å². The van der Waals surface area contributed by atoms with Crippen molar-refractivity contribution < 1.29 is 9.13 Å². The molecule has 0 amide bonds. The van der Waals surface area contributed by atoms with E-state index >= 15 is 0 Å². The van der Waals surface area contributed by atoms with Crippen molar-refractivity contribution in [2.45, 2.75) is 33.2 Å². The van der Waals surface area contributed by atoms with Gasteiger partial charge in [-0.3, -0.25) is 4.98 Å². The molecule has 1 N–H and O–H groups in total. The van der Waals surface area contributed by atoms with Crippen LogP contribution in [0, 0.1) is 12.7 Å². The summed E-state index contributed by atoms with van der Waals surface area (Å²) in [5.41, 5.74) is 1.90. The fourth-order valence-electron chi connectivity index (χ4n) is 1.99. The predicted octanol–water partition coefficient (Wildman–Crippen LogP) is 4.38. The second-order valence-corrected chi connectivity index (χ2v) is 5.13. The number of aryl methyl sites for hydroxylation is 1. The average molecular weight is 288 g/mol. The summed E-state index contributed by atoms with van der Waals surface area (Å²) in [6.07, 6.45) is 2.71. The van der Waals surface area contributed by atoms with Crippen LogP contribution < -0.4 is 10.1 Å². The van der Waals surface area contributed by atoms with Gasteiger partial charge in [0, 0.05) is 6.04 Å². The first-order chi connectivity index (χ1) is 10.1. The zero-order chi connectivity index (χ0) is 15.2. The Morgan fingerprint density at radius 2 is 2.10 bits per heavy atom. The molecule has 0 saturated carbocycles. The van der Waals surface area contributed by atoms with Gasteiger partial charge in [0.2, 0.25) is 0 Å². The highest BCUT2D eigenvalue weighted by atomic mass is 19.1. The number of nitrogens with zero attached hydrogens (tertiary/aromatic N) is 1. The highest BCUT2D eigenvalue weighted by molar-refractivity contribution is 5.34. The molecule has 0 aliphatic carbocycles. The smallest absolute Gasteiger partial charge is 0.165 e. The van der Waals surface area contributed by atoms with Crippen molar-refractivity contribution in [2.24, 2.45) is 0 Å². The fourth-order valence-corrected chi connectivity index (χ4v) is 1.99. The van der Waals surface area contributed by atoms with Gasteiger partial charge < -0.3 is 10.1 Å². The maximum Gasteiger partial charge on any atom is 0.165 e. The summed E-state index contributed by atoms with van der Waals surface area (Å²) in [4.78, 5) is 4.37. The number of rotatable bonds is 6. The van der Waals surface area contributed by atoms with Gasteiger partial charge in [-0.25, -0.2) is 4.39 Å². The molecular weight excluding hydrogens is 267 g/mol. The van der Waals surface area contributed by atoms with Gasteiger partial charge in [0.05, 0.1) is 11.9 Å². The molecule has 3 nitrogen and oxygen atoms in total. The number of hydrogen-bond donors (Lipinski definition) is 1. The van der Waals surface area contributed by atoms with E-state index in [0.29, 0.717) is 5.75 Å². The van der Waals surface area contributed by atoms with E-state index < -0.39 is 0 Å². The van der Waals surface area contributed by atoms with E-state index in [1.165, 1.54) is 6.07 Å². The third-order valence-electron chi connectivity index (χ3n) is 3.22. The Morgan fingerprint density at radius 3 is 2.76 bits per heavy atom. The second-order valence-electron chi connectivity index (χ2n) is 5.13. The molecule has 0 fully saturated rings. The number of halogens is 1. The van der Waals surface area contributed by atoms with E-state index in [1.807, 2.05) is 19.1 Å². The molecule has 0 saturated heterocycles. The van der Waals surface area contributed by atoms with E-state index in [9.17, 15) is 4.39 Å². The molecule has 21 heavy (non-hydrogen) atoms. The molecule has 0 aliphatic heterocycles. The molecule has 1 atom stereocenters. The number of nitrogens with one attached hydrogen (secondary N) is 1. The lowest BCUT2D eigenvalue weighted by atomic mass is 10.2. The van der Waals surface area contributed by atoms with E-state index in [4.69, 9.17) is 4.74 Å². The molecule has 0 radical (unpaired) electrons. The molecule has 2 aromatic rings. The zero-order valence-corrected chi connectivity index (χ0v) is 12.7. The van der Waals surface area contributed by atoms with E-state index in [1.54, 1.807) is 18.3 Å². The Morgan fingerprint density at radius 1 is 1.29 bits per heavy atom. The van der Waals surface area contributed by atoms with Crippen molar-refractivity contribution in [3.63, 3.8) is 0 Å². The lowest BCUT2D eigenvalue weighted by Gasteiger charge is -2.13. The minimum atomic E-state index is -0.373. The van der Waals surface area contributed by atoms with Gasteiger partial charge >= 0.3 is 0 Å². The van der Waals surface area contributed by atoms with Crippen molar-refractivity contribution in [1.29, 1.82) is 0 Å². The fraction of sp³-hybridized carbons (Fsp3) is 0.353. The number of hydrogen-bond acceptors (Lipinski definition) is 3. The lowest BCUT2D eigenvalue weighted by Crippen LogP contribution is -2.20. The normalized spacial score (nSPS) is 12.2. The van der Waals surface area contributed by atoms with Crippen LogP contribution in [0.25, 0.3) is 0 Å². The molecule has 2 rings (SSSR count). The quantitative estimate of drug-likeness (QED) is 0.856. The Labute approximate surface area is 125 Å². The van der Waals surface area contributed by atoms with Gasteiger partial charge in [-0.05, 0) is 56.6 Å². The molecule has 1 aromatic heterocycles. The number of aromatic nitrogens is 1. The van der Waals surface area contributed by atoms with Gasteiger partial charge in [-0.2, -0.15) is 0 Å². The summed E-state index contributed by atoms with van der Waals surface area (Å²) in [5.74, 6) is 0.385. The van der Waals surface area contributed by atoms with Crippen LogP contribution in [0.4, 0.5) is 4.39 Å². The van der Waals surface area contributed by atoms with Crippen LogP contribution in [0.5, 0.6) is 11.5 Å². The Bertz CT molecular complexity index is 584. The molecule has 112 valence electrons. The maximum atomic E-state index is 13.6. The average Bonchev–Trinajstić information content (AvgIpc) is 2.49. The maximum absolute atomic E-state index is 13.6. The molecule has 0 bridgehead atoms. The summed E-state index contributed by atoms with van der Waals surface area (Å²) in [6, 6.07) is 8.70. The molecular formula is C17H21FN2O. The summed E-state index contributed by atoms with van der Waals surface area (Å²) < 4.78 is 19.2. The first-order valence-corrected chi connectivity index (χ1v) is 7.23. The van der Waals surface area contributed by atoms with Crippen molar-refractivity contribution >= 4 is 0 Å². The van der Waals surface area contributed by atoms with Crippen LogP contribution in [-0.2, 0) is 0 Å². The molecule has 1 heterocycles. The summed E-state index contributed by atoms with van der Waals surface area (Å²) in [7, 11) is 0. The first-order valence-electron chi connectivity index (χ1n) is 7.23. The van der Waals surface area contributed by atoms with E-state index in [0.717, 1.165) is 24.2 Å². The predicted molar refractivity (Wildman–Crippen MR) is 82.2 cm³/mol. The topological polar surface area (TPSA) is 34.1 Å². The Hall–Kier alpha value is -1.94. The van der Waals surface area contributed by atoms with Crippen molar-refractivity contribution in [3.05, 3.63) is 53.6 Å². The van der Waals surface area contributed by atoms with Crippen LogP contribution in [0.1, 0.15) is 37.6 Å². The van der Waals surface area contributed by atoms with Gasteiger partial charge in [0.1, 0.15) is 5.75 Å². The van der Waals surface area contributed by atoms with Gasteiger partial charge in [0.15, 0.2) is 11.6 Å². The Kier molecular flexibility index (Phi) is 5.28. The summed E-state index contributed by atoms with van der Waals surface area (Å²) in [6.45, 7) is 7.05. The molecule has 4 heteroatoms. The minimum absolute atomic E-state index is 0.190. The van der Waals surface area contributed by atoms with Crippen LogP contribution in [-0.4, -0.2) is 11.5 Å². The SMILES string of the molecule is CCCNC(C)c1ccc(Oc2cc(C)ccc2F)cn1. The third kappa shape index (κ3) is 4.26. The van der Waals surface area contributed by atoms with E-state index in [-0.39, 0.29) is 17.6 Å². The van der Waals surface area contributed by atoms with Crippen molar-refractivity contribution in [2.75, 3.05) is 6.54 Å². The van der Waals surface area contributed by atoms with Crippen LogP contribution >= 0.6 is 0 Å². The number of pyridine rings is 1.